The molecule has 0 saturated heterocycles. The number of ether oxygens (including phenoxy) is 2. The summed E-state index contributed by atoms with van der Waals surface area (Å²) >= 11 is 0. The average Bonchev–Trinajstić information content (AvgIpc) is 2.60. The first-order valence-corrected chi connectivity index (χ1v) is 7.55. The van der Waals surface area contributed by atoms with Crippen molar-refractivity contribution in [2.75, 3.05) is 0 Å². The highest BCUT2D eigenvalue weighted by atomic mass is 19.4. The fraction of sp³-hybridized carbons (Fsp3) is 0.294. The number of para-hydroxylation sites is 1. The van der Waals surface area contributed by atoms with Gasteiger partial charge < -0.3 is 19.7 Å². The number of aromatic nitrogens is 1. The molecule has 26 heavy (non-hydrogen) atoms. The van der Waals surface area contributed by atoms with E-state index in [0.717, 1.165) is 0 Å². The van der Waals surface area contributed by atoms with Gasteiger partial charge in [0.25, 0.3) is 0 Å². The van der Waals surface area contributed by atoms with Crippen molar-refractivity contribution in [2.24, 2.45) is 0 Å². The van der Waals surface area contributed by atoms with Crippen molar-refractivity contribution < 1.29 is 37.7 Å². The summed E-state index contributed by atoms with van der Waals surface area (Å²) < 4.78 is 48.1. The number of carbonyl (C=O) groups is 1. The summed E-state index contributed by atoms with van der Waals surface area (Å²) in [6, 6.07) is 11.8. The van der Waals surface area contributed by atoms with Gasteiger partial charge in [0, 0.05) is 18.7 Å². The van der Waals surface area contributed by atoms with Crippen molar-refractivity contribution >= 4 is 5.97 Å². The number of nitrogens with zero attached hydrogens (tertiary/aromatic N) is 1. The van der Waals surface area contributed by atoms with Crippen LogP contribution in [0, 0.1) is 0 Å². The topological polar surface area (TPSA) is 88.9 Å². The number of halogens is 3. The van der Waals surface area contributed by atoms with Crippen LogP contribution in [0.1, 0.15) is 12.8 Å². The molecule has 2 aromatic rings. The monoisotopic (exact) mass is 371 g/mol. The lowest BCUT2D eigenvalue weighted by Gasteiger charge is -2.34. The van der Waals surface area contributed by atoms with Crippen LogP contribution in [0.4, 0.5) is 13.2 Å². The Hall–Kier alpha value is -2.81. The van der Waals surface area contributed by atoms with Gasteiger partial charge in [0.15, 0.2) is 0 Å². The second-order valence-electron chi connectivity index (χ2n) is 5.33. The van der Waals surface area contributed by atoms with Crippen LogP contribution >= 0.6 is 0 Å². The molecule has 0 aliphatic rings. The Bertz CT molecular complexity index is 668. The standard InChI is InChI=1S/C17H16F3NO5/c18-16(19,20)10-9-13(22)17(15(23)24,25-12-6-2-1-3-7-12)26-14-8-4-5-11-21-14/h1-8,11,13,22H,9-10H2,(H,23,24). The van der Waals surface area contributed by atoms with E-state index < -0.39 is 36.9 Å². The van der Waals surface area contributed by atoms with E-state index in [9.17, 15) is 28.2 Å². The van der Waals surface area contributed by atoms with E-state index >= 15 is 0 Å². The van der Waals surface area contributed by atoms with Gasteiger partial charge in [-0.3, -0.25) is 0 Å². The smallest absolute Gasteiger partial charge is 0.393 e. The number of aliphatic carboxylic acids is 1. The van der Waals surface area contributed by atoms with Gasteiger partial charge in [-0.25, -0.2) is 9.78 Å². The van der Waals surface area contributed by atoms with Crippen molar-refractivity contribution in [3.05, 3.63) is 54.7 Å². The van der Waals surface area contributed by atoms with Crippen molar-refractivity contribution in [2.45, 2.75) is 30.9 Å². The van der Waals surface area contributed by atoms with Crippen LogP contribution in [0.25, 0.3) is 0 Å². The van der Waals surface area contributed by atoms with Gasteiger partial charge in [0.1, 0.15) is 11.9 Å². The van der Waals surface area contributed by atoms with E-state index in [1.165, 1.54) is 48.7 Å². The molecule has 2 N–H and O–H groups in total. The second kappa shape index (κ2) is 8.05. The Morgan fingerprint density at radius 2 is 1.73 bits per heavy atom. The third-order valence-electron chi connectivity index (χ3n) is 3.34. The van der Waals surface area contributed by atoms with E-state index in [-0.39, 0.29) is 11.6 Å². The maximum atomic E-state index is 12.5. The fourth-order valence-electron chi connectivity index (χ4n) is 2.10. The third kappa shape index (κ3) is 5.09. The van der Waals surface area contributed by atoms with Crippen LogP contribution in [0.3, 0.4) is 0 Å². The van der Waals surface area contributed by atoms with Gasteiger partial charge in [0.05, 0.1) is 0 Å². The number of aliphatic hydroxyl groups excluding tert-OH is 1. The quantitative estimate of drug-likeness (QED) is 0.694. The Morgan fingerprint density at radius 1 is 1.08 bits per heavy atom. The summed E-state index contributed by atoms with van der Waals surface area (Å²) in [5, 5.41) is 19.9. The summed E-state index contributed by atoms with van der Waals surface area (Å²) in [6.07, 6.45) is -7.75. The van der Waals surface area contributed by atoms with Crippen molar-refractivity contribution in [3.63, 3.8) is 0 Å². The molecule has 0 fully saturated rings. The van der Waals surface area contributed by atoms with Gasteiger partial charge >= 0.3 is 17.9 Å². The molecule has 1 aromatic heterocycles. The minimum atomic E-state index is -4.58. The SMILES string of the molecule is O=C(O)C(Oc1ccccc1)(Oc1ccccn1)C(O)CCC(F)(F)F. The van der Waals surface area contributed by atoms with Crippen molar-refractivity contribution in [3.8, 4) is 11.6 Å². The molecular weight excluding hydrogens is 355 g/mol. The Kier molecular flexibility index (Phi) is 6.04. The number of carboxylic acids is 1. The third-order valence-corrected chi connectivity index (χ3v) is 3.34. The number of carboxylic acid groups (broad SMARTS) is 1. The maximum absolute atomic E-state index is 12.5. The molecular formula is C17H16F3NO5. The molecule has 2 atom stereocenters. The highest BCUT2D eigenvalue weighted by Gasteiger charge is 2.52. The van der Waals surface area contributed by atoms with E-state index in [0.29, 0.717) is 0 Å². The number of pyridine rings is 1. The van der Waals surface area contributed by atoms with Crippen molar-refractivity contribution in [1.29, 1.82) is 0 Å². The predicted octanol–water partition coefficient (Wildman–Crippen LogP) is 3.02. The van der Waals surface area contributed by atoms with E-state index in [1.54, 1.807) is 6.07 Å². The molecule has 2 unspecified atom stereocenters. The summed E-state index contributed by atoms with van der Waals surface area (Å²) in [4.78, 5) is 15.7. The maximum Gasteiger partial charge on any atom is 0.393 e. The van der Waals surface area contributed by atoms with Gasteiger partial charge in [-0.1, -0.05) is 24.3 Å². The molecule has 0 radical (unpaired) electrons. The number of hydrogen-bond acceptors (Lipinski definition) is 5. The summed E-state index contributed by atoms with van der Waals surface area (Å²) in [5.41, 5.74) is 0. The summed E-state index contributed by atoms with van der Waals surface area (Å²) in [6.45, 7) is 0. The largest absolute Gasteiger partial charge is 0.475 e. The zero-order valence-electron chi connectivity index (χ0n) is 13.4. The van der Waals surface area contributed by atoms with Gasteiger partial charge in [-0.05, 0) is 24.6 Å². The molecule has 0 aliphatic carbocycles. The minimum absolute atomic E-state index is 0.00288. The highest BCUT2D eigenvalue weighted by molar-refractivity contribution is 5.77. The molecule has 140 valence electrons. The molecule has 1 heterocycles. The van der Waals surface area contributed by atoms with Gasteiger partial charge in [0.2, 0.25) is 5.88 Å². The molecule has 0 bridgehead atoms. The zero-order valence-corrected chi connectivity index (χ0v) is 13.4. The number of aliphatic hydroxyl groups is 1. The van der Waals surface area contributed by atoms with Gasteiger partial charge in [-0.2, -0.15) is 13.2 Å². The molecule has 9 heteroatoms. The first-order chi connectivity index (χ1) is 12.2. The van der Waals surface area contributed by atoms with E-state index in [4.69, 9.17) is 9.47 Å². The lowest BCUT2D eigenvalue weighted by atomic mass is 10.0. The van der Waals surface area contributed by atoms with Crippen molar-refractivity contribution in [1.82, 2.24) is 4.98 Å². The lowest BCUT2D eigenvalue weighted by Crippen LogP contribution is -2.59. The molecule has 1 aromatic carbocycles. The predicted molar refractivity (Wildman–Crippen MR) is 83.6 cm³/mol. The number of alkyl halides is 3. The minimum Gasteiger partial charge on any atom is -0.475 e. The highest BCUT2D eigenvalue weighted by Crippen LogP contribution is 2.30. The fourth-order valence-corrected chi connectivity index (χ4v) is 2.10. The number of rotatable bonds is 8. The van der Waals surface area contributed by atoms with Crippen LogP contribution in [-0.4, -0.2) is 39.2 Å². The number of benzene rings is 1. The normalized spacial score (nSPS) is 14.9. The van der Waals surface area contributed by atoms with Crippen LogP contribution in [-0.2, 0) is 4.79 Å². The van der Waals surface area contributed by atoms with Crippen LogP contribution in [0.2, 0.25) is 0 Å². The average molecular weight is 371 g/mol. The molecule has 6 nitrogen and oxygen atoms in total. The zero-order chi connectivity index (χ0) is 19.2. The number of hydrogen-bond donors (Lipinski definition) is 2. The Morgan fingerprint density at radius 3 is 2.27 bits per heavy atom. The molecule has 0 amide bonds. The van der Waals surface area contributed by atoms with E-state index in [2.05, 4.69) is 4.98 Å². The van der Waals surface area contributed by atoms with Crippen LogP contribution in [0.5, 0.6) is 11.6 Å². The van der Waals surface area contributed by atoms with Gasteiger partial charge in [-0.15, -0.1) is 0 Å². The van der Waals surface area contributed by atoms with Crippen LogP contribution in [0.15, 0.2) is 54.7 Å². The second-order valence-corrected chi connectivity index (χ2v) is 5.33. The molecule has 2 rings (SSSR count). The molecule has 0 saturated carbocycles. The van der Waals surface area contributed by atoms with E-state index in [1.807, 2.05) is 0 Å². The Balaban J connectivity index is 2.37. The molecule has 0 aliphatic heterocycles. The first kappa shape index (κ1) is 19.5. The lowest BCUT2D eigenvalue weighted by molar-refractivity contribution is -0.220. The first-order valence-electron chi connectivity index (χ1n) is 7.55. The van der Waals surface area contributed by atoms with Crippen LogP contribution < -0.4 is 9.47 Å². The Labute approximate surface area is 146 Å². The summed E-state index contributed by atoms with van der Waals surface area (Å²) in [7, 11) is 0. The summed E-state index contributed by atoms with van der Waals surface area (Å²) in [5.74, 6) is -4.82. The molecule has 0 spiro atoms.